The number of anilines is 1. The minimum absolute atomic E-state index is 0.000958. The van der Waals surface area contributed by atoms with E-state index < -0.39 is 4.92 Å². The zero-order valence-corrected chi connectivity index (χ0v) is 18.0. The summed E-state index contributed by atoms with van der Waals surface area (Å²) in [4.78, 5) is 26.7. The fraction of sp³-hybridized carbons (Fsp3) is 0.409. The molecular weight excluding hydrogens is 406 g/mol. The first-order valence-electron chi connectivity index (χ1n) is 10.1. The topological polar surface area (TPSA) is 75.9 Å². The molecule has 2 aromatic carbocycles. The molecule has 0 saturated carbocycles. The van der Waals surface area contributed by atoms with Crippen molar-refractivity contribution < 1.29 is 14.5 Å². The molecule has 1 amide bonds. The Morgan fingerprint density at radius 3 is 2.40 bits per heavy atom. The fourth-order valence-electron chi connectivity index (χ4n) is 3.43. The van der Waals surface area contributed by atoms with Crippen LogP contribution in [-0.4, -0.2) is 48.5 Å². The first-order valence-corrected chi connectivity index (χ1v) is 10.5. The van der Waals surface area contributed by atoms with Gasteiger partial charge >= 0.3 is 0 Å². The van der Waals surface area contributed by atoms with E-state index in [0.717, 1.165) is 12.1 Å². The van der Waals surface area contributed by atoms with E-state index in [0.29, 0.717) is 42.9 Å². The maximum Gasteiger partial charge on any atom is 0.271 e. The second-order valence-electron chi connectivity index (χ2n) is 7.43. The first kappa shape index (κ1) is 21.9. The highest BCUT2D eigenvalue weighted by molar-refractivity contribution is 6.33. The van der Waals surface area contributed by atoms with E-state index in [1.165, 1.54) is 17.7 Å². The van der Waals surface area contributed by atoms with Crippen molar-refractivity contribution >= 4 is 28.9 Å². The monoisotopic (exact) mass is 431 g/mol. The van der Waals surface area contributed by atoms with Crippen molar-refractivity contribution in [2.24, 2.45) is 0 Å². The van der Waals surface area contributed by atoms with Crippen LogP contribution in [-0.2, 0) is 4.79 Å². The molecule has 1 heterocycles. The molecular formula is C22H26ClN3O4. The lowest BCUT2D eigenvalue weighted by Crippen LogP contribution is -2.50. The van der Waals surface area contributed by atoms with Crippen molar-refractivity contribution in [3.05, 3.63) is 63.2 Å². The van der Waals surface area contributed by atoms with E-state index in [1.54, 1.807) is 11.0 Å². The molecule has 7 nitrogen and oxygen atoms in total. The summed E-state index contributed by atoms with van der Waals surface area (Å²) in [7, 11) is 0. The van der Waals surface area contributed by atoms with Crippen LogP contribution in [0.1, 0.15) is 31.7 Å². The summed E-state index contributed by atoms with van der Waals surface area (Å²) in [5, 5.41) is 11.2. The number of amides is 1. The summed E-state index contributed by atoms with van der Waals surface area (Å²) < 4.78 is 5.67. The Labute approximate surface area is 181 Å². The smallest absolute Gasteiger partial charge is 0.271 e. The third kappa shape index (κ3) is 5.21. The van der Waals surface area contributed by atoms with Crippen molar-refractivity contribution in [3.63, 3.8) is 0 Å². The number of ether oxygens (including phenoxy) is 1. The van der Waals surface area contributed by atoms with Gasteiger partial charge in [0.05, 0.1) is 15.6 Å². The van der Waals surface area contributed by atoms with Crippen LogP contribution in [0.25, 0.3) is 0 Å². The molecule has 0 N–H and O–H groups in total. The Hall–Kier alpha value is -2.80. The fourth-order valence-corrected chi connectivity index (χ4v) is 3.72. The number of benzene rings is 2. The van der Waals surface area contributed by atoms with Crippen LogP contribution in [0, 0.1) is 10.1 Å². The first-order chi connectivity index (χ1) is 14.4. The zero-order valence-electron chi connectivity index (χ0n) is 17.2. The lowest BCUT2D eigenvalue weighted by molar-refractivity contribution is -0.384. The van der Waals surface area contributed by atoms with Gasteiger partial charge in [0.25, 0.3) is 11.6 Å². The third-order valence-corrected chi connectivity index (χ3v) is 5.84. The number of nitrogens with zero attached hydrogens (tertiary/aromatic N) is 3. The van der Waals surface area contributed by atoms with E-state index in [4.69, 9.17) is 16.3 Å². The number of rotatable bonds is 7. The highest BCUT2D eigenvalue weighted by Crippen LogP contribution is 2.30. The summed E-state index contributed by atoms with van der Waals surface area (Å²) in [6.07, 6.45) is 1.08. The Kier molecular flexibility index (Phi) is 7.15. The molecule has 8 heteroatoms. The van der Waals surface area contributed by atoms with Crippen LogP contribution in [0.2, 0.25) is 5.02 Å². The average Bonchev–Trinajstić information content (AvgIpc) is 2.77. The van der Waals surface area contributed by atoms with Crippen molar-refractivity contribution in [1.82, 2.24) is 4.90 Å². The van der Waals surface area contributed by atoms with Gasteiger partial charge in [-0.05, 0) is 36.1 Å². The highest BCUT2D eigenvalue weighted by Gasteiger charge is 2.23. The van der Waals surface area contributed by atoms with Crippen LogP contribution in [0.4, 0.5) is 11.4 Å². The van der Waals surface area contributed by atoms with Gasteiger partial charge in [-0.2, -0.15) is 0 Å². The molecule has 2 aromatic rings. The van der Waals surface area contributed by atoms with E-state index in [-0.39, 0.29) is 18.2 Å². The summed E-state index contributed by atoms with van der Waals surface area (Å²) in [5.74, 6) is 1.13. The summed E-state index contributed by atoms with van der Waals surface area (Å²) in [5.41, 5.74) is 1.97. The molecule has 1 aliphatic heterocycles. The number of carbonyl (C=O) groups excluding carboxylic acids is 1. The quantitative estimate of drug-likeness (QED) is 0.477. The lowest BCUT2D eigenvalue weighted by Gasteiger charge is -2.36. The maximum atomic E-state index is 12.5. The Bertz CT molecular complexity index is 896. The van der Waals surface area contributed by atoms with Gasteiger partial charge in [-0.3, -0.25) is 14.9 Å². The molecule has 1 aliphatic rings. The SMILES string of the molecule is CC[C@@H](C)c1ccc(OCC(=O)N2CCN(c3ccc([N+](=O)[O-])cc3Cl)CC2)cc1. The Morgan fingerprint density at radius 2 is 1.83 bits per heavy atom. The number of carbonyl (C=O) groups is 1. The number of hydrogen-bond acceptors (Lipinski definition) is 5. The van der Waals surface area contributed by atoms with Crippen molar-refractivity contribution in [2.75, 3.05) is 37.7 Å². The molecule has 30 heavy (non-hydrogen) atoms. The van der Waals surface area contributed by atoms with Gasteiger partial charge < -0.3 is 14.5 Å². The van der Waals surface area contributed by atoms with Crippen molar-refractivity contribution in [1.29, 1.82) is 0 Å². The van der Waals surface area contributed by atoms with Gasteiger partial charge in [0.2, 0.25) is 0 Å². The molecule has 0 spiro atoms. The Morgan fingerprint density at radius 1 is 1.17 bits per heavy atom. The molecule has 1 fully saturated rings. The maximum absolute atomic E-state index is 12.5. The van der Waals surface area contributed by atoms with Gasteiger partial charge in [0, 0.05) is 38.3 Å². The third-order valence-electron chi connectivity index (χ3n) is 5.54. The standard InChI is InChI=1S/C22H26ClN3O4/c1-3-16(2)17-4-7-19(8-5-17)30-15-22(27)25-12-10-24(11-13-25)21-9-6-18(26(28)29)14-20(21)23/h4-9,14,16H,3,10-13,15H2,1-2H3/t16-/m1/s1. The van der Waals surface area contributed by atoms with Crippen LogP contribution in [0.15, 0.2) is 42.5 Å². The van der Waals surface area contributed by atoms with Crippen LogP contribution in [0.5, 0.6) is 5.75 Å². The van der Waals surface area contributed by atoms with E-state index in [1.807, 2.05) is 29.2 Å². The van der Waals surface area contributed by atoms with Crippen molar-refractivity contribution in [3.8, 4) is 5.75 Å². The molecule has 160 valence electrons. The van der Waals surface area contributed by atoms with E-state index in [2.05, 4.69) is 13.8 Å². The minimum atomic E-state index is -0.468. The molecule has 3 rings (SSSR count). The van der Waals surface area contributed by atoms with E-state index in [9.17, 15) is 14.9 Å². The summed E-state index contributed by atoms with van der Waals surface area (Å²) in [6.45, 7) is 6.64. The number of piperazine rings is 1. The van der Waals surface area contributed by atoms with Gasteiger partial charge in [-0.1, -0.05) is 37.6 Å². The lowest BCUT2D eigenvalue weighted by atomic mass is 9.99. The highest BCUT2D eigenvalue weighted by atomic mass is 35.5. The van der Waals surface area contributed by atoms with Crippen LogP contribution in [0.3, 0.4) is 0 Å². The molecule has 0 radical (unpaired) electrons. The zero-order chi connectivity index (χ0) is 21.7. The van der Waals surface area contributed by atoms with Crippen molar-refractivity contribution in [2.45, 2.75) is 26.2 Å². The molecule has 0 unspecified atom stereocenters. The molecule has 0 aliphatic carbocycles. The normalized spacial score (nSPS) is 15.0. The molecule has 1 atom stereocenters. The number of nitro benzene ring substituents is 1. The predicted octanol–water partition coefficient (Wildman–Crippen LogP) is 4.49. The second-order valence-corrected chi connectivity index (χ2v) is 7.83. The van der Waals surface area contributed by atoms with Gasteiger partial charge in [-0.15, -0.1) is 0 Å². The average molecular weight is 432 g/mol. The molecule has 1 saturated heterocycles. The number of hydrogen-bond donors (Lipinski definition) is 0. The van der Waals surface area contributed by atoms with Crippen LogP contribution >= 0.6 is 11.6 Å². The second kappa shape index (κ2) is 9.80. The predicted molar refractivity (Wildman–Crippen MR) is 118 cm³/mol. The minimum Gasteiger partial charge on any atom is -0.484 e. The number of nitro groups is 1. The summed E-state index contributed by atoms with van der Waals surface area (Å²) >= 11 is 6.22. The number of halogens is 1. The summed E-state index contributed by atoms with van der Waals surface area (Å²) in [6, 6.07) is 12.4. The van der Waals surface area contributed by atoms with Gasteiger partial charge in [0.15, 0.2) is 6.61 Å². The van der Waals surface area contributed by atoms with Gasteiger partial charge in [0.1, 0.15) is 5.75 Å². The van der Waals surface area contributed by atoms with Gasteiger partial charge in [-0.25, -0.2) is 0 Å². The van der Waals surface area contributed by atoms with Crippen LogP contribution < -0.4 is 9.64 Å². The molecule has 0 aromatic heterocycles. The number of non-ortho nitro benzene ring substituents is 1. The molecule has 0 bridgehead atoms. The van der Waals surface area contributed by atoms with E-state index >= 15 is 0 Å². The largest absolute Gasteiger partial charge is 0.484 e. The Balaban J connectivity index is 1.50.